The highest BCUT2D eigenvalue weighted by molar-refractivity contribution is 5.31. The van der Waals surface area contributed by atoms with Crippen LogP contribution < -0.4 is 10.6 Å². The molecule has 0 aromatic carbocycles. The molecule has 72 valence electrons. The topological polar surface area (TPSA) is 47.1 Å². The third-order valence-corrected chi connectivity index (χ3v) is 2.39. The van der Waals surface area contributed by atoms with Gasteiger partial charge in [-0.2, -0.15) is 0 Å². The number of imidazole rings is 1. The molecule has 0 saturated heterocycles. The van der Waals surface area contributed by atoms with Gasteiger partial charge in [0.05, 0.1) is 0 Å². The molecule has 0 amide bonds. The highest BCUT2D eigenvalue weighted by Crippen LogP contribution is 2.37. The molecule has 0 aliphatic heterocycles. The van der Waals surface area contributed by atoms with E-state index >= 15 is 0 Å². The standard InChI is InChI=1S/C9H16N4/c1-12(6-4-10)9-11-5-7-13(9)8-2-3-8/h5,7-8H,2-4,6,10H2,1H3. The van der Waals surface area contributed by atoms with Gasteiger partial charge in [0, 0.05) is 38.6 Å². The molecule has 1 fully saturated rings. The van der Waals surface area contributed by atoms with Crippen LogP contribution >= 0.6 is 0 Å². The van der Waals surface area contributed by atoms with Crippen LogP contribution in [0.1, 0.15) is 18.9 Å². The van der Waals surface area contributed by atoms with E-state index in [1.165, 1.54) is 12.8 Å². The lowest BCUT2D eigenvalue weighted by molar-refractivity contribution is 0.709. The average molecular weight is 180 g/mol. The van der Waals surface area contributed by atoms with Crippen LogP contribution in [0.25, 0.3) is 0 Å². The summed E-state index contributed by atoms with van der Waals surface area (Å²) in [5.41, 5.74) is 5.50. The summed E-state index contributed by atoms with van der Waals surface area (Å²) in [5.74, 6) is 1.05. The van der Waals surface area contributed by atoms with Gasteiger partial charge in [-0.1, -0.05) is 0 Å². The number of nitrogens with two attached hydrogens (primary N) is 1. The molecule has 0 atom stereocenters. The maximum absolute atomic E-state index is 5.50. The number of hydrogen-bond acceptors (Lipinski definition) is 3. The first-order chi connectivity index (χ1) is 6.33. The molecule has 1 heterocycles. The molecular weight excluding hydrogens is 164 g/mol. The minimum atomic E-state index is 0.675. The van der Waals surface area contributed by atoms with Crippen LogP contribution in [0.4, 0.5) is 5.95 Å². The van der Waals surface area contributed by atoms with E-state index in [0.29, 0.717) is 12.6 Å². The van der Waals surface area contributed by atoms with E-state index in [1.807, 2.05) is 13.2 Å². The minimum absolute atomic E-state index is 0.675. The van der Waals surface area contributed by atoms with Gasteiger partial charge in [-0.15, -0.1) is 0 Å². The Hall–Kier alpha value is -1.03. The zero-order valence-corrected chi connectivity index (χ0v) is 7.98. The van der Waals surface area contributed by atoms with E-state index in [-0.39, 0.29) is 0 Å². The lowest BCUT2D eigenvalue weighted by Crippen LogP contribution is -2.27. The molecule has 4 nitrogen and oxygen atoms in total. The van der Waals surface area contributed by atoms with Crippen molar-refractivity contribution in [3.8, 4) is 0 Å². The molecule has 0 spiro atoms. The van der Waals surface area contributed by atoms with Crippen molar-refractivity contribution in [1.82, 2.24) is 9.55 Å². The van der Waals surface area contributed by atoms with Gasteiger partial charge >= 0.3 is 0 Å². The number of anilines is 1. The Morgan fingerprint density at radius 1 is 1.69 bits per heavy atom. The molecule has 1 aliphatic carbocycles. The van der Waals surface area contributed by atoms with Crippen LogP contribution in [0.5, 0.6) is 0 Å². The van der Waals surface area contributed by atoms with Crippen molar-refractivity contribution < 1.29 is 0 Å². The quantitative estimate of drug-likeness (QED) is 0.738. The fourth-order valence-electron chi connectivity index (χ4n) is 1.53. The zero-order chi connectivity index (χ0) is 9.26. The summed E-state index contributed by atoms with van der Waals surface area (Å²) in [4.78, 5) is 6.44. The average Bonchev–Trinajstić information content (AvgIpc) is 2.84. The fourth-order valence-corrected chi connectivity index (χ4v) is 1.53. The molecule has 0 radical (unpaired) electrons. The lowest BCUT2D eigenvalue weighted by atomic mass is 10.5. The maximum atomic E-state index is 5.50. The highest BCUT2D eigenvalue weighted by Gasteiger charge is 2.26. The monoisotopic (exact) mass is 180 g/mol. The summed E-state index contributed by atoms with van der Waals surface area (Å²) in [5, 5.41) is 0. The van der Waals surface area contributed by atoms with Gasteiger partial charge in [0.2, 0.25) is 5.95 Å². The third-order valence-electron chi connectivity index (χ3n) is 2.39. The molecule has 4 heteroatoms. The van der Waals surface area contributed by atoms with Crippen LogP contribution in [0, 0.1) is 0 Å². The van der Waals surface area contributed by atoms with E-state index < -0.39 is 0 Å². The highest BCUT2D eigenvalue weighted by atomic mass is 15.3. The van der Waals surface area contributed by atoms with Crippen molar-refractivity contribution in [1.29, 1.82) is 0 Å². The van der Waals surface area contributed by atoms with E-state index in [4.69, 9.17) is 5.73 Å². The molecule has 2 rings (SSSR count). The second kappa shape index (κ2) is 3.38. The fraction of sp³-hybridized carbons (Fsp3) is 0.667. The van der Waals surface area contributed by atoms with Crippen LogP contribution in [0.3, 0.4) is 0 Å². The van der Waals surface area contributed by atoms with E-state index in [2.05, 4.69) is 20.6 Å². The minimum Gasteiger partial charge on any atom is -0.344 e. The van der Waals surface area contributed by atoms with Gasteiger partial charge in [0.25, 0.3) is 0 Å². The second-order valence-corrected chi connectivity index (χ2v) is 3.58. The largest absolute Gasteiger partial charge is 0.344 e. The molecule has 2 N–H and O–H groups in total. The molecule has 1 saturated carbocycles. The number of likely N-dealkylation sites (N-methyl/N-ethyl adjacent to an activating group) is 1. The van der Waals surface area contributed by atoms with Gasteiger partial charge in [-0.3, -0.25) is 0 Å². The molecule has 0 unspecified atom stereocenters. The Kier molecular flexibility index (Phi) is 2.22. The summed E-state index contributed by atoms with van der Waals surface area (Å²) in [6.45, 7) is 1.54. The Bertz CT molecular complexity index is 277. The van der Waals surface area contributed by atoms with Crippen molar-refractivity contribution in [2.45, 2.75) is 18.9 Å². The molecular formula is C9H16N4. The number of hydrogen-bond donors (Lipinski definition) is 1. The first-order valence-corrected chi connectivity index (χ1v) is 4.77. The van der Waals surface area contributed by atoms with Gasteiger partial charge in [0.1, 0.15) is 0 Å². The second-order valence-electron chi connectivity index (χ2n) is 3.58. The molecule has 0 bridgehead atoms. The Labute approximate surface area is 78.4 Å². The van der Waals surface area contributed by atoms with Crippen LogP contribution in [-0.4, -0.2) is 29.7 Å². The lowest BCUT2D eigenvalue weighted by Gasteiger charge is -2.18. The van der Waals surface area contributed by atoms with Gasteiger partial charge < -0.3 is 15.2 Å². The van der Waals surface area contributed by atoms with Gasteiger partial charge in [-0.05, 0) is 12.8 Å². The summed E-state index contributed by atoms with van der Waals surface area (Å²) in [7, 11) is 2.04. The predicted molar refractivity (Wildman–Crippen MR) is 52.8 cm³/mol. The van der Waals surface area contributed by atoms with Crippen LogP contribution in [0.2, 0.25) is 0 Å². The normalized spacial score (nSPS) is 16.2. The van der Waals surface area contributed by atoms with Crippen molar-refractivity contribution in [3.63, 3.8) is 0 Å². The first kappa shape index (κ1) is 8.56. The number of aromatic nitrogens is 2. The smallest absolute Gasteiger partial charge is 0.205 e. The molecule has 1 aliphatic rings. The molecule has 13 heavy (non-hydrogen) atoms. The number of rotatable bonds is 4. The van der Waals surface area contributed by atoms with Crippen LogP contribution in [0.15, 0.2) is 12.4 Å². The summed E-state index contributed by atoms with van der Waals surface area (Å²) in [6.07, 6.45) is 6.50. The first-order valence-electron chi connectivity index (χ1n) is 4.77. The van der Waals surface area contributed by atoms with E-state index in [9.17, 15) is 0 Å². The zero-order valence-electron chi connectivity index (χ0n) is 7.98. The summed E-state index contributed by atoms with van der Waals surface area (Å²) < 4.78 is 2.25. The third kappa shape index (κ3) is 1.67. The Balaban J connectivity index is 2.13. The SMILES string of the molecule is CN(CCN)c1nccn1C1CC1. The van der Waals surface area contributed by atoms with Crippen molar-refractivity contribution in [2.75, 3.05) is 25.0 Å². The van der Waals surface area contributed by atoms with Crippen molar-refractivity contribution >= 4 is 5.95 Å². The predicted octanol–water partition coefficient (Wildman–Crippen LogP) is 0.613. The van der Waals surface area contributed by atoms with Crippen LogP contribution in [-0.2, 0) is 0 Å². The van der Waals surface area contributed by atoms with Gasteiger partial charge in [-0.25, -0.2) is 4.98 Å². The maximum Gasteiger partial charge on any atom is 0.205 e. The van der Waals surface area contributed by atoms with Gasteiger partial charge in [0.15, 0.2) is 0 Å². The Morgan fingerprint density at radius 3 is 3.08 bits per heavy atom. The van der Waals surface area contributed by atoms with E-state index in [0.717, 1.165) is 12.5 Å². The molecule has 1 aromatic rings. The summed E-state index contributed by atoms with van der Waals surface area (Å²) in [6, 6.07) is 0.692. The van der Waals surface area contributed by atoms with Crippen molar-refractivity contribution in [3.05, 3.63) is 12.4 Å². The molecule has 1 aromatic heterocycles. The van der Waals surface area contributed by atoms with E-state index in [1.54, 1.807) is 0 Å². The van der Waals surface area contributed by atoms with Crippen molar-refractivity contribution in [2.24, 2.45) is 5.73 Å². The Morgan fingerprint density at radius 2 is 2.46 bits per heavy atom. The summed E-state index contributed by atoms with van der Waals surface area (Å²) >= 11 is 0. The number of nitrogens with zero attached hydrogens (tertiary/aromatic N) is 3.